The average Bonchev–Trinajstić information content (AvgIpc) is 2.37. The summed E-state index contributed by atoms with van der Waals surface area (Å²) in [4.78, 5) is 11.7. The predicted octanol–water partition coefficient (Wildman–Crippen LogP) is 2.65. The number of hydrogen-bond donors (Lipinski definition) is 2. The fraction of sp³-hybridized carbons (Fsp3) is 0.500. The van der Waals surface area contributed by atoms with Crippen LogP contribution in [0, 0.1) is 0 Å². The summed E-state index contributed by atoms with van der Waals surface area (Å²) in [5.74, 6) is 0.347. The van der Waals surface area contributed by atoms with Gasteiger partial charge in [0.1, 0.15) is 5.75 Å². The largest absolute Gasteiger partial charge is 0.479 e. The van der Waals surface area contributed by atoms with Gasteiger partial charge in [-0.05, 0) is 38.0 Å². The van der Waals surface area contributed by atoms with Gasteiger partial charge < -0.3 is 15.8 Å². The molecule has 4 nitrogen and oxygen atoms in total. The van der Waals surface area contributed by atoms with Gasteiger partial charge in [-0.15, -0.1) is 0 Å². The first-order valence-electron chi connectivity index (χ1n) is 6.45. The number of nitrogens with one attached hydrogen (secondary N) is 1. The van der Waals surface area contributed by atoms with Gasteiger partial charge in [0.05, 0.1) is 5.02 Å². The van der Waals surface area contributed by atoms with Crippen LogP contribution in [0.2, 0.25) is 5.02 Å². The maximum atomic E-state index is 11.7. The van der Waals surface area contributed by atoms with Crippen molar-refractivity contribution in [3.8, 4) is 5.75 Å². The first-order chi connectivity index (χ1) is 8.95. The van der Waals surface area contributed by atoms with E-state index >= 15 is 0 Å². The van der Waals surface area contributed by atoms with Crippen molar-refractivity contribution in [3.63, 3.8) is 0 Å². The van der Waals surface area contributed by atoms with E-state index in [1.54, 1.807) is 19.1 Å². The lowest BCUT2D eigenvalue weighted by atomic mass is 10.1. The Morgan fingerprint density at radius 3 is 2.68 bits per heavy atom. The second-order valence-electron chi connectivity index (χ2n) is 4.53. The summed E-state index contributed by atoms with van der Waals surface area (Å²) in [5.41, 5.74) is 6.70. The van der Waals surface area contributed by atoms with Crippen LogP contribution in [0.4, 0.5) is 0 Å². The highest BCUT2D eigenvalue weighted by molar-refractivity contribution is 6.32. The second kappa shape index (κ2) is 7.36. The van der Waals surface area contributed by atoms with Gasteiger partial charge in [0.15, 0.2) is 6.10 Å². The summed E-state index contributed by atoms with van der Waals surface area (Å²) >= 11 is 6.11. The van der Waals surface area contributed by atoms with Crippen LogP contribution in [-0.2, 0) is 4.79 Å². The third kappa shape index (κ3) is 4.73. The van der Waals surface area contributed by atoms with Crippen LogP contribution in [0.3, 0.4) is 0 Å². The van der Waals surface area contributed by atoms with Crippen LogP contribution in [0.25, 0.3) is 0 Å². The summed E-state index contributed by atoms with van der Waals surface area (Å²) in [7, 11) is 0. The maximum Gasteiger partial charge on any atom is 0.260 e. The number of carbonyl (C=O) groups is 1. The van der Waals surface area contributed by atoms with Crippen molar-refractivity contribution in [2.75, 3.05) is 6.54 Å². The molecular weight excluding hydrogens is 264 g/mol. The number of ether oxygens (including phenoxy) is 1. The monoisotopic (exact) mass is 284 g/mol. The van der Waals surface area contributed by atoms with Gasteiger partial charge >= 0.3 is 0 Å². The van der Waals surface area contributed by atoms with Gasteiger partial charge in [0, 0.05) is 12.6 Å². The summed E-state index contributed by atoms with van der Waals surface area (Å²) in [6.45, 7) is 6.22. The van der Waals surface area contributed by atoms with Gasteiger partial charge in [-0.2, -0.15) is 0 Å². The van der Waals surface area contributed by atoms with Crippen LogP contribution in [0.5, 0.6) is 5.75 Å². The Morgan fingerprint density at radius 1 is 1.47 bits per heavy atom. The standard InChI is InChI=1S/C14H21ClN2O2/c1-4-7-17-14(18)10(3)19-13-6-5-11(9(2)16)8-12(13)15/h5-6,8-10H,4,7,16H2,1-3H3,(H,17,18)/t9-,10?/m0/s1. The maximum absolute atomic E-state index is 11.7. The highest BCUT2D eigenvalue weighted by Gasteiger charge is 2.15. The second-order valence-corrected chi connectivity index (χ2v) is 4.94. The Labute approximate surface area is 119 Å². The molecule has 0 bridgehead atoms. The number of nitrogens with two attached hydrogens (primary N) is 1. The van der Waals surface area contributed by atoms with E-state index < -0.39 is 6.10 Å². The minimum atomic E-state index is -0.579. The number of benzene rings is 1. The van der Waals surface area contributed by atoms with E-state index in [2.05, 4.69) is 5.32 Å². The fourth-order valence-corrected chi connectivity index (χ4v) is 1.77. The van der Waals surface area contributed by atoms with Crippen LogP contribution in [0.1, 0.15) is 38.8 Å². The third-order valence-electron chi connectivity index (χ3n) is 2.70. The molecule has 1 amide bonds. The van der Waals surface area contributed by atoms with E-state index in [0.717, 1.165) is 12.0 Å². The molecule has 0 fully saturated rings. The molecule has 0 spiro atoms. The van der Waals surface area contributed by atoms with E-state index in [1.807, 2.05) is 19.9 Å². The van der Waals surface area contributed by atoms with Crippen molar-refractivity contribution in [1.29, 1.82) is 0 Å². The molecule has 1 rings (SSSR count). The zero-order chi connectivity index (χ0) is 14.4. The van der Waals surface area contributed by atoms with E-state index in [0.29, 0.717) is 17.3 Å². The Bertz CT molecular complexity index is 435. The quantitative estimate of drug-likeness (QED) is 0.844. The highest BCUT2D eigenvalue weighted by atomic mass is 35.5. The Kier molecular flexibility index (Phi) is 6.12. The molecule has 2 atom stereocenters. The predicted molar refractivity (Wildman–Crippen MR) is 77.4 cm³/mol. The fourth-order valence-electron chi connectivity index (χ4n) is 1.53. The van der Waals surface area contributed by atoms with Crippen molar-refractivity contribution in [3.05, 3.63) is 28.8 Å². The van der Waals surface area contributed by atoms with Crippen molar-refractivity contribution in [2.45, 2.75) is 39.3 Å². The summed E-state index contributed by atoms with van der Waals surface area (Å²) in [5, 5.41) is 3.24. The lowest BCUT2D eigenvalue weighted by Gasteiger charge is -2.16. The number of hydrogen-bond acceptors (Lipinski definition) is 3. The van der Waals surface area contributed by atoms with Crippen LogP contribution < -0.4 is 15.8 Å². The van der Waals surface area contributed by atoms with E-state index in [-0.39, 0.29) is 11.9 Å². The molecule has 1 unspecified atom stereocenters. The molecule has 0 saturated carbocycles. The highest BCUT2D eigenvalue weighted by Crippen LogP contribution is 2.28. The number of carbonyl (C=O) groups excluding carboxylic acids is 1. The van der Waals surface area contributed by atoms with Gasteiger partial charge in [-0.3, -0.25) is 4.79 Å². The van der Waals surface area contributed by atoms with Crippen molar-refractivity contribution in [1.82, 2.24) is 5.32 Å². The Balaban J connectivity index is 2.69. The molecule has 0 heterocycles. The number of amides is 1. The number of rotatable bonds is 6. The van der Waals surface area contributed by atoms with Crippen LogP contribution in [0.15, 0.2) is 18.2 Å². The van der Waals surface area contributed by atoms with Crippen molar-refractivity contribution < 1.29 is 9.53 Å². The molecular formula is C14H21ClN2O2. The Hall–Kier alpha value is -1.26. The summed E-state index contributed by atoms with van der Waals surface area (Å²) < 4.78 is 5.55. The lowest BCUT2D eigenvalue weighted by Crippen LogP contribution is -2.36. The van der Waals surface area contributed by atoms with Gasteiger partial charge in [0.2, 0.25) is 0 Å². The van der Waals surface area contributed by atoms with Crippen molar-refractivity contribution in [2.24, 2.45) is 5.73 Å². The first kappa shape index (κ1) is 15.8. The van der Waals surface area contributed by atoms with Crippen LogP contribution >= 0.6 is 11.6 Å². The van der Waals surface area contributed by atoms with Gasteiger partial charge in [-0.25, -0.2) is 0 Å². The lowest BCUT2D eigenvalue weighted by molar-refractivity contribution is -0.127. The molecule has 1 aromatic rings. The molecule has 3 N–H and O–H groups in total. The van der Waals surface area contributed by atoms with E-state index in [4.69, 9.17) is 22.1 Å². The average molecular weight is 285 g/mol. The third-order valence-corrected chi connectivity index (χ3v) is 3.00. The molecule has 0 aromatic heterocycles. The molecule has 0 saturated heterocycles. The van der Waals surface area contributed by atoms with E-state index in [1.165, 1.54) is 0 Å². The minimum absolute atomic E-state index is 0.0863. The minimum Gasteiger partial charge on any atom is -0.479 e. The van der Waals surface area contributed by atoms with Crippen molar-refractivity contribution >= 4 is 17.5 Å². The van der Waals surface area contributed by atoms with Crippen LogP contribution in [-0.4, -0.2) is 18.6 Å². The molecule has 0 aliphatic carbocycles. The van der Waals surface area contributed by atoms with Gasteiger partial charge in [0.25, 0.3) is 5.91 Å². The molecule has 0 aliphatic rings. The molecule has 106 valence electrons. The SMILES string of the molecule is CCCNC(=O)C(C)Oc1ccc([C@H](C)N)cc1Cl. The summed E-state index contributed by atoms with van der Waals surface area (Å²) in [6.07, 6.45) is 0.313. The van der Waals surface area contributed by atoms with Gasteiger partial charge in [-0.1, -0.05) is 24.6 Å². The molecule has 0 radical (unpaired) electrons. The summed E-state index contributed by atoms with van der Waals surface area (Å²) in [6, 6.07) is 5.27. The normalized spacial score (nSPS) is 13.7. The molecule has 5 heteroatoms. The molecule has 0 aliphatic heterocycles. The first-order valence-corrected chi connectivity index (χ1v) is 6.82. The smallest absolute Gasteiger partial charge is 0.260 e. The topological polar surface area (TPSA) is 64.3 Å². The molecule has 1 aromatic carbocycles. The molecule has 19 heavy (non-hydrogen) atoms. The van der Waals surface area contributed by atoms with E-state index in [9.17, 15) is 4.79 Å². The zero-order valence-corrected chi connectivity index (χ0v) is 12.3. The zero-order valence-electron chi connectivity index (χ0n) is 11.6. The number of halogens is 1. The Morgan fingerprint density at radius 2 is 2.16 bits per heavy atom.